The lowest BCUT2D eigenvalue weighted by molar-refractivity contribution is 0.521. The van der Waals surface area contributed by atoms with Gasteiger partial charge < -0.3 is 10.6 Å². The summed E-state index contributed by atoms with van der Waals surface area (Å²) in [6, 6.07) is 0. The van der Waals surface area contributed by atoms with Crippen LogP contribution < -0.4 is 10.6 Å². The molecule has 0 bridgehead atoms. The number of anilines is 2. The Labute approximate surface area is 108 Å². The Balaban J connectivity index is 2.64. The van der Waals surface area contributed by atoms with Gasteiger partial charge in [0.05, 0.1) is 5.75 Å². The first kappa shape index (κ1) is 14.7. The second-order valence-corrected chi connectivity index (χ2v) is 6.30. The number of aryl methyl sites for hydroxylation is 1. The largest absolute Gasteiger partial charge is 0.369 e. The van der Waals surface area contributed by atoms with Crippen molar-refractivity contribution in [1.82, 2.24) is 14.3 Å². The lowest BCUT2D eigenvalue weighted by Crippen LogP contribution is -2.28. The van der Waals surface area contributed by atoms with Crippen molar-refractivity contribution >= 4 is 21.8 Å². The average molecular weight is 273 g/mol. The third-order valence-electron chi connectivity index (χ3n) is 2.40. The van der Waals surface area contributed by atoms with Gasteiger partial charge >= 0.3 is 0 Å². The van der Waals surface area contributed by atoms with Crippen LogP contribution in [-0.4, -0.2) is 56.1 Å². The monoisotopic (exact) mass is 273 g/mol. The van der Waals surface area contributed by atoms with Crippen LogP contribution in [0.5, 0.6) is 0 Å². The minimum absolute atomic E-state index is 0.0261. The smallest absolute Gasteiger partial charge is 0.224 e. The Kier molecular flexibility index (Phi) is 4.85. The fraction of sp³-hybridized carbons (Fsp3) is 0.600. The van der Waals surface area contributed by atoms with E-state index >= 15 is 0 Å². The minimum Gasteiger partial charge on any atom is -0.369 e. The molecule has 1 heterocycles. The van der Waals surface area contributed by atoms with Gasteiger partial charge in [-0.2, -0.15) is 4.98 Å². The van der Waals surface area contributed by atoms with Crippen molar-refractivity contribution in [2.24, 2.45) is 0 Å². The van der Waals surface area contributed by atoms with Gasteiger partial charge in [0.15, 0.2) is 0 Å². The van der Waals surface area contributed by atoms with Crippen LogP contribution in [0.4, 0.5) is 11.8 Å². The molecule has 1 rings (SSSR count). The zero-order valence-corrected chi connectivity index (χ0v) is 11.9. The van der Waals surface area contributed by atoms with Crippen molar-refractivity contribution in [2.75, 3.05) is 44.1 Å². The molecule has 1 aromatic heterocycles. The fourth-order valence-corrected chi connectivity index (χ4v) is 1.95. The second-order valence-electron chi connectivity index (χ2n) is 4.00. The van der Waals surface area contributed by atoms with Crippen LogP contribution in [0.1, 0.15) is 5.56 Å². The molecule has 0 unspecified atom stereocenters. The summed E-state index contributed by atoms with van der Waals surface area (Å²) in [4.78, 5) is 8.27. The van der Waals surface area contributed by atoms with Crippen LogP contribution in [0.25, 0.3) is 0 Å². The number of aromatic nitrogens is 2. The first-order chi connectivity index (χ1) is 8.36. The summed E-state index contributed by atoms with van der Waals surface area (Å²) in [6.07, 6.45) is 1.68. The van der Waals surface area contributed by atoms with E-state index in [4.69, 9.17) is 0 Å². The molecule has 7 nitrogen and oxygen atoms in total. The molecule has 0 aliphatic heterocycles. The maximum Gasteiger partial charge on any atom is 0.224 e. The Morgan fingerprint density at radius 2 is 2.06 bits per heavy atom. The lowest BCUT2D eigenvalue weighted by Gasteiger charge is -2.13. The molecule has 0 amide bonds. The highest BCUT2D eigenvalue weighted by atomic mass is 32.2. The highest BCUT2D eigenvalue weighted by Gasteiger charge is 2.13. The summed E-state index contributed by atoms with van der Waals surface area (Å²) in [5.41, 5.74) is 0.872. The molecule has 0 aromatic carbocycles. The highest BCUT2D eigenvalue weighted by molar-refractivity contribution is 7.89. The van der Waals surface area contributed by atoms with Gasteiger partial charge in [0.1, 0.15) is 5.82 Å². The molecule has 0 fully saturated rings. The Morgan fingerprint density at radius 1 is 1.39 bits per heavy atom. The quantitative estimate of drug-likeness (QED) is 0.766. The molecule has 0 radical (unpaired) electrons. The van der Waals surface area contributed by atoms with Gasteiger partial charge in [0, 0.05) is 39.4 Å². The third kappa shape index (κ3) is 3.81. The van der Waals surface area contributed by atoms with Crippen molar-refractivity contribution < 1.29 is 8.42 Å². The van der Waals surface area contributed by atoms with Crippen molar-refractivity contribution in [2.45, 2.75) is 6.92 Å². The van der Waals surface area contributed by atoms with E-state index in [-0.39, 0.29) is 5.75 Å². The van der Waals surface area contributed by atoms with E-state index < -0.39 is 10.0 Å². The Morgan fingerprint density at radius 3 is 2.61 bits per heavy atom. The molecule has 2 N–H and O–H groups in total. The number of rotatable bonds is 6. The number of nitrogens with one attached hydrogen (secondary N) is 2. The van der Waals surface area contributed by atoms with E-state index in [0.717, 1.165) is 5.56 Å². The molecule has 8 heteroatoms. The summed E-state index contributed by atoms with van der Waals surface area (Å²) in [5.74, 6) is 1.17. The maximum absolute atomic E-state index is 11.6. The molecule has 0 saturated heterocycles. The first-order valence-corrected chi connectivity index (χ1v) is 7.13. The predicted octanol–water partition coefficient (Wildman–Crippen LogP) is 0.130. The number of sulfonamides is 1. The number of hydrogen-bond donors (Lipinski definition) is 2. The van der Waals surface area contributed by atoms with E-state index in [2.05, 4.69) is 20.6 Å². The molecule has 0 saturated carbocycles. The van der Waals surface area contributed by atoms with Gasteiger partial charge in [-0.15, -0.1) is 0 Å². The summed E-state index contributed by atoms with van der Waals surface area (Å²) < 4.78 is 24.3. The average Bonchev–Trinajstić information content (AvgIpc) is 2.31. The number of hydrogen-bond acceptors (Lipinski definition) is 6. The van der Waals surface area contributed by atoms with Gasteiger partial charge in [-0.25, -0.2) is 17.7 Å². The maximum atomic E-state index is 11.6. The third-order valence-corrected chi connectivity index (χ3v) is 4.24. The molecule has 1 aromatic rings. The van der Waals surface area contributed by atoms with Gasteiger partial charge in [0.2, 0.25) is 16.0 Å². The van der Waals surface area contributed by atoms with E-state index in [1.807, 2.05) is 6.92 Å². The van der Waals surface area contributed by atoms with Crippen LogP contribution >= 0.6 is 0 Å². The summed E-state index contributed by atoms with van der Waals surface area (Å²) in [6.45, 7) is 2.17. The molecule has 0 aliphatic carbocycles. The molecular formula is C10H19N5O2S. The van der Waals surface area contributed by atoms with Gasteiger partial charge in [-0.05, 0) is 6.92 Å². The van der Waals surface area contributed by atoms with Gasteiger partial charge in [0.25, 0.3) is 0 Å². The molecular weight excluding hydrogens is 254 g/mol. The highest BCUT2D eigenvalue weighted by Crippen LogP contribution is 2.11. The zero-order chi connectivity index (χ0) is 13.8. The standard InChI is InChI=1S/C10H19N5O2S/c1-8-7-13-10(11-2)14-9(8)12-5-6-18(16,17)15(3)4/h7H,5-6H2,1-4H3,(H2,11,12,13,14). The number of nitrogens with zero attached hydrogens (tertiary/aromatic N) is 3. The van der Waals surface area contributed by atoms with Crippen molar-refractivity contribution in [1.29, 1.82) is 0 Å². The van der Waals surface area contributed by atoms with Gasteiger partial charge in [-0.3, -0.25) is 0 Å². The van der Waals surface area contributed by atoms with Crippen molar-refractivity contribution in [3.63, 3.8) is 0 Å². The normalized spacial score (nSPS) is 11.6. The van der Waals surface area contributed by atoms with Crippen molar-refractivity contribution in [3.8, 4) is 0 Å². The fourth-order valence-electron chi connectivity index (χ4n) is 1.22. The minimum atomic E-state index is -3.19. The van der Waals surface area contributed by atoms with E-state index in [9.17, 15) is 8.42 Å². The molecule has 102 valence electrons. The van der Waals surface area contributed by atoms with Crippen LogP contribution in [0, 0.1) is 6.92 Å². The summed E-state index contributed by atoms with van der Waals surface area (Å²) in [7, 11) is 1.58. The topological polar surface area (TPSA) is 87.2 Å². The molecule has 0 atom stereocenters. The lowest BCUT2D eigenvalue weighted by atomic mass is 10.3. The van der Waals surface area contributed by atoms with Gasteiger partial charge in [-0.1, -0.05) is 0 Å². The predicted molar refractivity (Wildman–Crippen MR) is 72.3 cm³/mol. The molecule has 0 aliphatic rings. The summed E-state index contributed by atoms with van der Waals surface area (Å²) in [5, 5.41) is 5.83. The first-order valence-electron chi connectivity index (χ1n) is 5.52. The van der Waals surface area contributed by atoms with Crippen LogP contribution in [0.3, 0.4) is 0 Å². The van der Waals surface area contributed by atoms with Crippen LogP contribution in [0.2, 0.25) is 0 Å². The Hall–Kier alpha value is -1.41. The Bertz CT molecular complexity index is 501. The second kappa shape index (κ2) is 5.96. The molecule has 18 heavy (non-hydrogen) atoms. The zero-order valence-electron chi connectivity index (χ0n) is 11.1. The summed E-state index contributed by atoms with van der Waals surface area (Å²) >= 11 is 0. The van der Waals surface area contributed by atoms with E-state index in [1.54, 1.807) is 13.2 Å². The van der Waals surface area contributed by atoms with Crippen LogP contribution in [0.15, 0.2) is 6.20 Å². The SMILES string of the molecule is CNc1ncc(C)c(NCCS(=O)(=O)N(C)C)n1. The van der Waals surface area contributed by atoms with E-state index in [0.29, 0.717) is 18.3 Å². The molecule has 0 spiro atoms. The van der Waals surface area contributed by atoms with E-state index in [1.165, 1.54) is 18.4 Å². The van der Waals surface area contributed by atoms with Crippen LogP contribution in [-0.2, 0) is 10.0 Å². The van der Waals surface area contributed by atoms with Crippen molar-refractivity contribution in [3.05, 3.63) is 11.8 Å².